The quantitative estimate of drug-likeness (QED) is 0.777. The van der Waals surface area contributed by atoms with Crippen LogP contribution in [0.25, 0.3) is 0 Å². The Morgan fingerprint density at radius 1 is 1.11 bits per heavy atom. The molecule has 0 aromatic heterocycles. The van der Waals surface area contributed by atoms with E-state index in [2.05, 4.69) is 38.1 Å². The zero-order chi connectivity index (χ0) is 19.4. The van der Waals surface area contributed by atoms with Crippen LogP contribution in [-0.4, -0.2) is 29.4 Å². The van der Waals surface area contributed by atoms with Gasteiger partial charge in [-0.1, -0.05) is 50.2 Å². The van der Waals surface area contributed by atoms with E-state index in [0.717, 1.165) is 18.4 Å². The highest BCUT2D eigenvalue weighted by atomic mass is 16.5. The van der Waals surface area contributed by atoms with Gasteiger partial charge in [0.05, 0.1) is 5.56 Å². The Bertz CT molecular complexity index is 811. The third kappa shape index (κ3) is 4.88. The number of carbonyl (C=O) groups is 2. The van der Waals surface area contributed by atoms with Crippen LogP contribution in [0, 0.1) is 0 Å². The number of amides is 2. The van der Waals surface area contributed by atoms with Crippen molar-refractivity contribution >= 4 is 11.8 Å². The summed E-state index contributed by atoms with van der Waals surface area (Å²) >= 11 is 0. The van der Waals surface area contributed by atoms with Crippen LogP contribution in [0.15, 0.2) is 48.5 Å². The standard InChI is InChI=1S/C22H26N2O3/c1-15(2)17-9-7-16(8-10-17)13-24(18-11-12-18)21(25)14-27-20-6-4-3-5-19(20)22(23)26/h3-10,15,18H,11-14H2,1-2H3,(H2,23,26). The van der Waals surface area contributed by atoms with E-state index in [0.29, 0.717) is 18.2 Å². The van der Waals surface area contributed by atoms with Crippen molar-refractivity contribution in [3.8, 4) is 5.75 Å². The van der Waals surface area contributed by atoms with Crippen LogP contribution in [0.2, 0.25) is 0 Å². The summed E-state index contributed by atoms with van der Waals surface area (Å²) in [6.07, 6.45) is 2.04. The molecule has 0 aliphatic heterocycles. The topological polar surface area (TPSA) is 72.6 Å². The molecule has 1 aliphatic rings. The summed E-state index contributed by atoms with van der Waals surface area (Å²) in [6, 6.07) is 15.4. The molecule has 2 amide bonds. The van der Waals surface area contributed by atoms with Crippen LogP contribution in [0.3, 0.4) is 0 Å². The van der Waals surface area contributed by atoms with E-state index in [1.165, 1.54) is 5.56 Å². The van der Waals surface area contributed by atoms with Crippen molar-refractivity contribution in [2.24, 2.45) is 5.73 Å². The minimum Gasteiger partial charge on any atom is -0.483 e. The number of benzene rings is 2. The van der Waals surface area contributed by atoms with E-state index in [9.17, 15) is 9.59 Å². The summed E-state index contributed by atoms with van der Waals surface area (Å²) in [4.78, 5) is 26.1. The minimum atomic E-state index is -0.567. The van der Waals surface area contributed by atoms with E-state index in [4.69, 9.17) is 10.5 Å². The van der Waals surface area contributed by atoms with E-state index in [-0.39, 0.29) is 24.1 Å². The number of ether oxygens (including phenoxy) is 1. The first-order valence-corrected chi connectivity index (χ1v) is 9.35. The van der Waals surface area contributed by atoms with Gasteiger partial charge in [0.25, 0.3) is 11.8 Å². The van der Waals surface area contributed by atoms with Gasteiger partial charge in [0.1, 0.15) is 5.75 Å². The predicted molar refractivity (Wildman–Crippen MR) is 105 cm³/mol. The summed E-state index contributed by atoms with van der Waals surface area (Å²) < 4.78 is 5.62. The molecular weight excluding hydrogens is 340 g/mol. The van der Waals surface area contributed by atoms with Crippen LogP contribution in [0.4, 0.5) is 0 Å². The average Bonchev–Trinajstić information content (AvgIpc) is 3.49. The fraction of sp³-hybridized carbons (Fsp3) is 0.364. The van der Waals surface area contributed by atoms with Crippen molar-refractivity contribution in [1.29, 1.82) is 0 Å². The summed E-state index contributed by atoms with van der Waals surface area (Å²) in [5.41, 5.74) is 8.04. The second kappa shape index (κ2) is 8.25. The Morgan fingerprint density at radius 3 is 2.37 bits per heavy atom. The van der Waals surface area contributed by atoms with Crippen molar-refractivity contribution in [3.05, 3.63) is 65.2 Å². The Morgan fingerprint density at radius 2 is 1.78 bits per heavy atom. The maximum atomic E-state index is 12.7. The number of carbonyl (C=O) groups excluding carboxylic acids is 2. The minimum absolute atomic E-state index is 0.0790. The lowest BCUT2D eigenvalue weighted by molar-refractivity contribution is -0.134. The molecule has 0 heterocycles. The molecule has 27 heavy (non-hydrogen) atoms. The van der Waals surface area contributed by atoms with Crippen molar-refractivity contribution in [1.82, 2.24) is 4.90 Å². The number of para-hydroxylation sites is 1. The molecule has 1 aliphatic carbocycles. The maximum Gasteiger partial charge on any atom is 0.261 e. The monoisotopic (exact) mass is 366 g/mol. The van der Waals surface area contributed by atoms with Gasteiger partial charge in [0.2, 0.25) is 0 Å². The van der Waals surface area contributed by atoms with E-state index in [1.54, 1.807) is 24.3 Å². The summed E-state index contributed by atoms with van der Waals surface area (Å²) in [5.74, 6) is 0.182. The fourth-order valence-electron chi connectivity index (χ4n) is 3.03. The number of primary amides is 1. The van der Waals surface area contributed by atoms with Gasteiger partial charge in [-0.2, -0.15) is 0 Å². The molecule has 2 N–H and O–H groups in total. The zero-order valence-corrected chi connectivity index (χ0v) is 15.9. The molecule has 1 fully saturated rings. The molecule has 0 unspecified atom stereocenters. The lowest BCUT2D eigenvalue weighted by Crippen LogP contribution is -2.36. The molecule has 5 heteroatoms. The second-order valence-electron chi connectivity index (χ2n) is 7.30. The van der Waals surface area contributed by atoms with Crippen LogP contribution in [-0.2, 0) is 11.3 Å². The summed E-state index contributed by atoms with van der Waals surface area (Å²) in [7, 11) is 0. The van der Waals surface area contributed by atoms with Gasteiger partial charge >= 0.3 is 0 Å². The number of hydrogen-bond donors (Lipinski definition) is 1. The largest absolute Gasteiger partial charge is 0.483 e. The summed E-state index contributed by atoms with van der Waals surface area (Å²) in [5, 5.41) is 0. The predicted octanol–water partition coefficient (Wildman–Crippen LogP) is 3.48. The molecule has 3 rings (SSSR count). The molecule has 142 valence electrons. The van der Waals surface area contributed by atoms with Crippen molar-refractivity contribution < 1.29 is 14.3 Å². The number of hydrogen-bond acceptors (Lipinski definition) is 3. The number of rotatable bonds is 8. The van der Waals surface area contributed by atoms with Crippen LogP contribution >= 0.6 is 0 Å². The van der Waals surface area contributed by atoms with Crippen molar-refractivity contribution in [2.45, 2.75) is 45.2 Å². The molecule has 0 spiro atoms. The highest BCUT2D eigenvalue weighted by molar-refractivity contribution is 5.95. The van der Waals surface area contributed by atoms with Gasteiger partial charge in [-0.05, 0) is 42.0 Å². The highest BCUT2D eigenvalue weighted by Gasteiger charge is 2.32. The van der Waals surface area contributed by atoms with E-state index in [1.807, 2.05) is 4.90 Å². The zero-order valence-electron chi connectivity index (χ0n) is 15.9. The Kier molecular flexibility index (Phi) is 5.79. The Labute approximate surface area is 160 Å². The van der Waals surface area contributed by atoms with Crippen LogP contribution in [0.1, 0.15) is 54.1 Å². The first-order valence-electron chi connectivity index (χ1n) is 9.35. The molecule has 0 bridgehead atoms. The van der Waals surface area contributed by atoms with Gasteiger partial charge in [-0.15, -0.1) is 0 Å². The fourth-order valence-corrected chi connectivity index (χ4v) is 3.03. The van der Waals surface area contributed by atoms with E-state index < -0.39 is 5.91 Å². The Balaban J connectivity index is 1.65. The molecule has 0 radical (unpaired) electrons. The van der Waals surface area contributed by atoms with Crippen molar-refractivity contribution in [2.75, 3.05) is 6.61 Å². The molecule has 1 saturated carbocycles. The SMILES string of the molecule is CC(C)c1ccc(CN(C(=O)COc2ccccc2C(N)=O)C2CC2)cc1. The second-order valence-corrected chi connectivity index (χ2v) is 7.30. The third-order valence-corrected chi connectivity index (χ3v) is 4.81. The number of nitrogens with two attached hydrogens (primary N) is 1. The normalized spacial score (nSPS) is 13.4. The maximum absolute atomic E-state index is 12.7. The molecule has 5 nitrogen and oxygen atoms in total. The summed E-state index contributed by atoms with van der Waals surface area (Å²) in [6.45, 7) is 4.79. The Hall–Kier alpha value is -2.82. The molecular formula is C22H26N2O3. The molecule has 0 saturated heterocycles. The highest BCUT2D eigenvalue weighted by Crippen LogP contribution is 2.29. The number of nitrogens with zero attached hydrogens (tertiary/aromatic N) is 1. The van der Waals surface area contributed by atoms with Gasteiger partial charge < -0.3 is 15.4 Å². The van der Waals surface area contributed by atoms with Crippen LogP contribution in [0.5, 0.6) is 5.75 Å². The lowest BCUT2D eigenvalue weighted by atomic mass is 10.0. The van der Waals surface area contributed by atoms with Crippen LogP contribution < -0.4 is 10.5 Å². The first kappa shape index (κ1) is 19.0. The van der Waals surface area contributed by atoms with Gasteiger partial charge in [0, 0.05) is 12.6 Å². The van der Waals surface area contributed by atoms with Gasteiger partial charge in [-0.3, -0.25) is 9.59 Å². The molecule has 0 atom stereocenters. The van der Waals surface area contributed by atoms with E-state index >= 15 is 0 Å². The van der Waals surface area contributed by atoms with Crippen molar-refractivity contribution in [3.63, 3.8) is 0 Å². The van der Waals surface area contributed by atoms with Gasteiger partial charge in [-0.25, -0.2) is 0 Å². The average molecular weight is 366 g/mol. The molecule has 2 aromatic carbocycles. The molecule has 2 aromatic rings. The first-order chi connectivity index (χ1) is 13.0. The lowest BCUT2D eigenvalue weighted by Gasteiger charge is -2.23. The third-order valence-electron chi connectivity index (χ3n) is 4.81. The van der Waals surface area contributed by atoms with Gasteiger partial charge in [0.15, 0.2) is 6.61 Å². The smallest absolute Gasteiger partial charge is 0.261 e.